The second-order valence-electron chi connectivity index (χ2n) is 5.97. The van der Waals surface area contributed by atoms with Gasteiger partial charge in [0.25, 0.3) is 0 Å². The van der Waals surface area contributed by atoms with Crippen molar-refractivity contribution >= 4 is 28.5 Å². The predicted molar refractivity (Wildman–Crippen MR) is 94.7 cm³/mol. The Kier molecular flexibility index (Phi) is 5.60. The van der Waals surface area contributed by atoms with Crippen LogP contribution in [0.2, 0.25) is 0 Å². The van der Waals surface area contributed by atoms with Crippen LogP contribution in [0.1, 0.15) is 30.5 Å². The van der Waals surface area contributed by atoms with Gasteiger partial charge in [0.15, 0.2) is 5.13 Å². The molecule has 2 amide bonds. The summed E-state index contributed by atoms with van der Waals surface area (Å²) in [6, 6.07) is 3.58. The minimum atomic E-state index is -1.08. The number of anilines is 1. The van der Waals surface area contributed by atoms with E-state index in [9.17, 15) is 14.7 Å². The average Bonchev–Trinajstić information content (AvgIpc) is 3.09. The number of piperidine rings is 1. The molecule has 0 saturated carbocycles. The first kappa shape index (κ1) is 17.3. The Morgan fingerprint density at radius 3 is 2.76 bits per heavy atom. The van der Waals surface area contributed by atoms with Crippen LogP contribution in [0.3, 0.4) is 0 Å². The highest BCUT2D eigenvalue weighted by Gasteiger charge is 2.21. The first-order chi connectivity index (χ1) is 12.1. The van der Waals surface area contributed by atoms with Gasteiger partial charge < -0.3 is 10.0 Å². The fourth-order valence-corrected chi connectivity index (χ4v) is 3.62. The van der Waals surface area contributed by atoms with Crippen LogP contribution >= 0.6 is 11.3 Å². The van der Waals surface area contributed by atoms with E-state index in [-0.39, 0.29) is 18.9 Å². The van der Waals surface area contributed by atoms with Crippen molar-refractivity contribution in [1.82, 2.24) is 14.9 Å². The maximum absolute atomic E-state index is 12.3. The van der Waals surface area contributed by atoms with Gasteiger partial charge >= 0.3 is 6.09 Å². The van der Waals surface area contributed by atoms with Gasteiger partial charge in [0, 0.05) is 30.9 Å². The van der Waals surface area contributed by atoms with Gasteiger partial charge in [0.05, 0.1) is 18.7 Å². The van der Waals surface area contributed by atoms with E-state index in [4.69, 9.17) is 0 Å². The summed E-state index contributed by atoms with van der Waals surface area (Å²) in [7, 11) is 0. The molecule has 0 unspecified atom stereocenters. The Bertz CT molecular complexity index is 729. The summed E-state index contributed by atoms with van der Waals surface area (Å²) in [5.74, 6) is 0.0608. The first-order valence-electron chi connectivity index (χ1n) is 8.25. The summed E-state index contributed by atoms with van der Waals surface area (Å²) in [5.41, 5.74) is 1.40. The zero-order valence-corrected chi connectivity index (χ0v) is 14.6. The average molecular weight is 360 g/mol. The zero-order chi connectivity index (χ0) is 17.6. The predicted octanol–water partition coefficient (Wildman–Crippen LogP) is 2.78. The van der Waals surface area contributed by atoms with Crippen molar-refractivity contribution in [2.45, 2.75) is 32.2 Å². The molecular formula is C17H20N4O3S. The SMILES string of the molecule is O=C(Cc1csc(N(Cc2cccnc2)C(=O)O)n1)N1CCCCC1. The van der Waals surface area contributed by atoms with Gasteiger partial charge in [-0.25, -0.2) is 14.7 Å². The number of hydrogen-bond acceptors (Lipinski definition) is 5. The largest absolute Gasteiger partial charge is 0.465 e. The molecule has 1 aliphatic heterocycles. The van der Waals surface area contributed by atoms with Crippen LogP contribution in [0, 0.1) is 0 Å². The summed E-state index contributed by atoms with van der Waals surface area (Å²) in [6.07, 6.45) is 5.68. The second-order valence-corrected chi connectivity index (χ2v) is 6.81. The summed E-state index contributed by atoms with van der Waals surface area (Å²) >= 11 is 1.24. The molecule has 3 heterocycles. The van der Waals surface area contributed by atoms with Crippen LogP contribution in [-0.2, 0) is 17.8 Å². The summed E-state index contributed by atoms with van der Waals surface area (Å²) in [6.45, 7) is 1.78. The lowest BCUT2D eigenvalue weighted by molar-refractivity contribution is -0.131. The number of nitrogens with zero attached hydrogens (tertiary/aromatic N) is 4. The zero-order valence-electron chi connectivity index (χ0n) is 13.8. The number of likely N-dealkylation sites (tertiary alicyclic amines) is 1. The Labute approximate surface area is 149 Å². The first-order valence-corrected chi connectivity index (χ1v) is 9.13. The van der Waals surface area contributed by atoms with E-state index in [1.54, 1.807) is 23.8 Å². The lowest BCUT2D eigenvalue weighted by Gasteiger charge is -2.26. The summed E-state index contributed by atoms with van der Waals surface area (Å²) in [5, 5.41) is 11.6. The van der Waals surface area contributed by atoms with Crippen LogP contribution in [0.4, 0.5) is 9.93 Å². The van der Waals surface area contributed by atoms with Crippen molar-refractivity contribution < 1.29 is 14.7 Å². The minimum Gasteiger partial charge on any atom is -0.465 e. The Morgan fingerprint density at radius 2 is 2.08 bits per heavy atom. The second kappa shape index (κ2) is 8.06. The monoisotopic (exact) mass is 360 g/mol. The molecular weight excluding hydrogens is 340 g/mol. The quantitative estimate of drug-likeness (QED) is 0.886. The van der Waals surface area contributed by atoms with Gasteiger partial charge in [-0.1, -0.05) is 6.07 Å². The van der Waals surface area contributed by atoms with E-state index < -0.39 is 6.09 Å². The maximum Gasteiger partial charge on any atom is 0.413 e. The Hall–Kier alpha value is -2.48. The Balaban J connectivity index is 1.67. The van der Waals surface area contributed by atoms with E-state index in [0.717, 1.165) is 31.5 Å². The molecule has 0 radical (unpaired) electrons. The Morgan fingerprint density at radius 1 is 1.28 bits per heavy atom. The third kappa shape index (κ3) is 4.54. The van der Waals surface area contributed by atoms with Crippen LogP contribution < -0.4 is 4.90 Å². The van der Waals surface area contributed by atoms with Crippen molar-refractivity contribution in [3.63, 3.8) is 0 Å². The molecule has 0 bridgehead atoms. The number of rotatable bonds is 5. The number of thiazole rings is 1. The molecule has 0 aromatic carbocycles. The van der Waals surface area contributed by atoms with Crippen LogP contribution in [0.25, 0.3) is 0 Å². The van der Waals surface area contributed by atoms with Gasteiger partial charge in [-0.05, 0) is 30.9 Å². The molecule has 1 N–H and O–H groups in total. The molecule has 1 saturated heterocycles. The third-order valence-electron chi connectivity index (χ3n) is 4.11. The summed E-state index contributed by atoms with van der Waals surface area (Å²) < 4.78 is 0. The standard InChI is InChI=1S/C17H20N4O3S/c22-15(20-7-2-1-3-8-20)9-14-12-25-16(19-14)21(17(23)24)11-13-5-4-6-18-10-13/h4-6,10,12H,1-3,7-9,11H2,(H,23,24). The highest BCUT2D eigenvalue weighted by atomic mass is 32.1. The lowest BCUT2D eigenvalue weighted by atomic mass is 10.1. The van der Waals surface area contributed by atoms with Crippen molar-refractivity contribution in [3.05, 3.63) is 41.2 Å². The van der Waals surface area contributed by atoms with E-state index in [1.807, 2.05) is 11.0 Å². The van der Waals surface area contributed by atoms with E-state index in [2.05, 4.69) is 9.97 Å². The molecule has 0 spiro atoms. The van der Waals surface area contributed by atoms with Crippen LogP contribution in [-0.4, -0.2) is 45.1 Å². The number of aromatic nitrogens is 2. The molecule has 0 aliphatic carbocycles. The third-order valence-corrected chi connectivity index (χ3v) is 5.02. The maximum atomic E-state index is 12.3. The topological polar surface area (TPSA) is 86.6 Å². The van der Waals surface area contributed by atoms with Crippen LogP contribution in [0.5, 0.6) is 0 Å². The van der Waals surface area contributed by atoms with Gasteiger partial charge in [-0.3, -0.25) is 9.78 Å². The molecule has 3 rings (SSSR count). The molecule has 7 nitrogen and oxygen atoms in total. The normalized spacial score (nSPS) is 14.3. The van der Waals surface area contributed by atoms with E-state index in [0.29, 0.717) is 10.8 Å². The minimum absolute atomic E-state index is 0.0608. The number of amides is 2. The van der Waals surface area contributed by atoms with Gasteiger partial charge in [-0.15, -0.1) is 11.3 Å². The molecule has 0 atom stereocenters. The van der Waals surface area contributed by atoms with Crippen molar-refractivity contribution in [2.24, 2.45) is 0 Å². The lowest BCUT2D eigenvalue weighted by Crippen LogP contribution is -2.36. The molecule has 8 heteroatoms. The van der Waals surface area contributed by atoms with Gasteiger partial charge in [-0.2, -0.15) is 0 Å². The van der Waals surface area contributed by atoms with Crippen molar-refractivity contribution in [1.29, 1.82) is 0 Å². The van der Waals surface area contributed by atoms with E-state index in [1.165, 1.54) is 22.7 Å². The molecule has 2 aromatic heterocycles. The fraction of sp³-hybridized carbons (Fsp3) is 0.412. The molecule has 1 fully saturated rings. The van der Waals surface area contributed by atoms with Gasteiger partial charge in [0.2, 0.25) is 5.91 Å². The summed E-state index contributed by atoms with van der Waals surface area (Å²) in [4.78, 5) is 35.3. The smallest absolute Gasteiger partial charge is 0.413 e. The highest BCUT2D eigenvalue weighted by Crippen LogP contribution is 2.23. The molecule has 2 aromatic rings. The molecule has 1 aliphatic rings. The number of carbonyl (C=O) groups is 2. The number of carboxylic acid groups (broad SMARTS) is 1. The number of pyridine rings is 1. The molecule has 25 heavy (non-hydrogen) atoms. The highest BCUT2D eigenvalue weighted by molar-refractivity contribution is 7.14. The van der Waals surface area contributed by atoms with Gasteiger partial charge in [0.1, 0.15) is 0 Å². The fourth-order valence-electron chi connectivity index (χ4n) is 2.80. The van der Waals surface area contributed by atoms with Crippen molar-refractivity contribution in [3.8, 4) is 0 Å². The number of carbonyl (C=O) groups excluding carboxylic acids is 1. The molecule has 132 valence electrons. The van der Waals surface area contributed by atoms with E-state index >= 15 is 0 Å². The van der Waals surface area contributed by atoms with Crippen LogP contribution in [0.15, 0.2) is 29.9 Å². The number of hydrogen-bond donors (Lipinski definition) is 1. The van der Waals surface area contributed by atoms with Crippen molar-refractivity contribution in [2.75, 3.05) is 18.0 Å².